The maximum Gasteiger partial charge on any atom is 0.0901 e. The zero-order valence-electron chi connectivity index (χ0n) is 8.04. The number of hydrogen-bond acceptors (Lipinski definition) is 3. The molecule has 1 aliphatic heterocycles. The zero-order valence-corrected chi connectivity index (χ0v) is 9.75. The van der Waals surface area contributed by atoms with Gasteiger partial charge in [0.25, 0.3) is 0 Å². The fourth-order valence-corrected chi connectivity index (χ4v) is 3.72. The molecule has 3 N–H and O–H groups in total. The fourth-order valence-electron chi connectivity index (χ4n) is 2.88. The summed E-state index contributed by atoms with van der Waals surface area (Å²) in [6, 6.07) is 0.722. The van der Waals surface area contributed by atoms with Gasteiger partial charge < -0.3 is 5.73 Å². The molecule has 2 fully saturated rings. The van der Waals surface area contributed by atoms with Gasteiger partial charge in [0.2, 0.25) is 0 Å². The van der Waals surface area contributed by atoms with E-state index in [1.807, 2.05) is 0 Å². The maximum atomic E-state index is 4.32. The Hall–Kier alpha value is 0.620. The lowest BCUT2D eigenvalue weighted by Gasteiger charge is -2.39. The largest absolute Gasteiger partial charge is 0.355 e. The highest BCUT2D eigenvalue weighted by Crippen LogP contribution is 2.45. The van der Waals surface area contributed by atoms with Gasteiger partial charge in [0.05, 0.1) is 6.04 Å². The average Bonchev–Trinajstić information content (AvgIpc) is 2.50. The summed E-state index contributed by atoms with van der Waals surface area (Å²) >= 11 is 4.24. The molecule has 13 heavy (non-hydrogen) atoms. The van der Waals surface area contributed by atoms with Crippen molar-refractivity contribution < 1.29 is 5.73 Å². The van der Waals surface area contributed by atoms with Gasteiger partial charge in [0.1, 0.15) is 0 Å². The van der Waals surface area contributed by atoms with Gasteiger partial charge >= 0.3 is 0 Å². The molecule has 2 aliphatic rings. The first-order chi connectivity index (χ1) is 6.27. The minimum absolute atomic E-state index is 0.611. The quantitative estimate of drug-likeness (QED) is 0.396. The van der Waals surface area contributed by atoms with Crippen molar-refractivity contribution in [2.75, 3.05) is 13.1 Å². The fraction of sp³-hybridized carbons (Fsp3) is 1.00. The summed E-state index contributed by atoms with van der Waals surface area (Å²) in [5.41, 5.74) is 4.93. The Morgan fingerprint density at radius 1 is 1.31 bits per heavy atom. The minimum Gasteiger partial charge on any atom is -0.355 e. The molecule has 0 bridgehead atoms. The lowest BCUT2D eigenvalue weighted by molar-refractivity contribution is -0.444. The van der Waals surface area contributed by atoms with Crippen LogP contribution in [0, 0.1) is 5.41 Å². The van der Waals surface area contributed by atoms with Crippen molar-refractivity contribution in [3.8, 4) is 0 Å². The summed E-state index contributed by atoms with van der Waals surface area (Å²) in [4.78, 5) is 0. The SMILES string of the molecule is [NH3+]C1CCCC12CCN(SS)CC2. The Morgan fingerprint density at radius 2 is 2.00 bits per heavy atom. The second-order valence-electron chi connectivity index (χ2n) is 4.46. The first kappa shape index (κ1) is 10.1. The average molecular weight is 219 g/mol. The van der Waals surface area contributed by atoms with E-state index in [0.29, 0.717) is 5.41 Å². The van der Waals surface area contributed by atoms with E-state index in [1.165, 1.54) is 45.2 Å². The van der Waals surface area contributed by atoms with E-state index in [0.717, 1.165) is 6.04 Å². The van der Waals surface area contributed by atoms with Crippen LogP contribution < -0.4 is 5.73 Å². The Labute approximate surface area is 89.6 Å². The Bertz CT molecular complexity index is 178. The highest BCUT2D eigenvalue weighted by molar-refractivity contribution is 8.67. The number of rotatable bonds is 1. The van der Waals surface area contributed by atoms with E-state index in [1.54, 1.807) is 11.0 Å². The van der Waals surface area contributed by atoms with Gasteiger partial charge in [-0.05, 0) is 43.1 Å². The molecule has 1 spiro atoms. The molecule has 1 unspecified atom stereocenters. The Morgan fingerprint density at radius 3 is 2.46 bits per heavy atom. The van der Waals surface area contributed by atoms with E-state index >= 15 is 0 Å². The molecular formula is C9H19N2S2+. The molecule has 4 heteroatoms. The van der Waals surface area contributed by atoms with Gasteiger partial charge in [-0.3, -0.25) is 0 Å². The maximum absolute atomic E-state index is 4.32. The smallest absolute Gasteiger partial charge is 0.0901 e. The summed E-state index contributed by atoms with van der Waals surface area (Å²) < 4.78 is 2.36. The number of nitrogens with zero attached hydrogens (tertiary/aromatic N) is 1. The summed E-state index contributed by atoms with van der Waals surface area (Å²) in [5.74, 6) is 0. The molecule has 0 aromatic rings. The molecule has 1 saturated heterocycles. The van der Waals surface area contributed by atoms with Crippen molar-refractivity contribution in [1.82, 2.24) is 4.31 Å². The van der Waals surface area contributed by atoms with Crippen LogP contribution in [0.3, 0.4) is 0 Å². The predicted molar refractivity (Wildman–Crippen MR) is 60.3 cm³/mol. The first-order valence-electron chi connectivity index (χ1n) is 5.16. The van der Waals surface area contributed by atoms with Crippen LogP contribution >= 0.6 is 22.6 Å². The third kappa shape index (κ3) is 1.87. The number of hydrogen-bond donors (Lipinski definition) is 2. The summed E-state index contributed by atoms with van der Waals surface area (Å²) in [6.45, 7) is 2.42. The van der Waals surface area contributed by atoms with Gasteiger partial charge in [0, 0.05) is 18.5 Å². The summed E-state index contributed by atoms with van der Waals surface area (Å²) in [5, 5.41) is 0. The summed E-state index contributed by atoms with van der Waals surface area (Å²) in [6.07, 6.45) is 6.87. The van der Waals surface area contributed by atoms with Crippen LogP contribution in [-0.4, -0.2) is 23.4 Å². The van der Waals surface area contributed by atoms with Gasteiger partial charge in [-0.2, -0.15) is 0 Å². The molecule has 1 saturated carbocycles. The van der Waals surface area contributed by atoms with Crippen LogP contribution in [-0.2, 0) is 0 Å². The van der Waals surface area contributed by atoms with Crippen LogP contribution in [0.2, 0.25) is 0 Å². The first-order valence-corrected chi connectivity index (χ1v) is 6.99. The Balaban J connectivity index is 1.95. The van der Waals surface area contributed by atoms with Gasteiger partial charge in [-0.25, -0.2) is 4.31 Å². The van der Waals surface area contributed by atoms with Crippen LogP contribution in [0.25, 0.3) is 0 Å². The van der Waals surface area contributed by atoms with Crippen molar-refractivity contribution in [2.24, 2.45) is 5.41 Å². The molecule has 1 heterocycles. The normalized spacial score (nSPS) is 34.2. The van der Waals surface area contributed by atoms with Gasteiger partial charge in [0.15, 0.2) is 0 Å². The molecule has 2 nitrogen and oxygen atoms in total. The molecule has 0 aromatic heterocycles. The van der Waals surface area contributed by atoms with E-state index in [-0.39, 0.29) is 0 Å². The van der Waals surface area contributed by atoms with Crippen LogP contribution in [0.5, 0.6) is 0 Å². The van der Waals surface area contributed by atoms with E-state index in [9.17, 15) is 0 Å². The molecular weight excluding hydrogens is 200 g/mol. The van der Waals surface area contributed by atoms with E-state index in [2.05, 4.69) is 21.7 Å². The highest BCUT2D eigenvalue weighted by Gasteiger charge is 2.45. The zero-order chi connectivity index (χ0) is 9.31. The number of piperidine rings is 1. The van der Waals surface area contributed by atoms with Crippen LogP contribution in [0.15, 0.2) is 0 Å². The molecule has 0 radical (unpaired) electrons. The van der Waals surface area contributed by atoms with E-state index < -0.39 is 0 Å². The number of thiol groups is 1. The predicted octanol–water partition coefficient (Wildman–Crippen LogP) is 1.36. The Kier molecular flexibility index (Phi) is 3.13. The third-order valence-corrected chi connectivity index (χ3v) is 5.22. The van der Waals surface area contributed by atoms with Crippen molar-refractivity contribution in [2.45, 2.75) is 38.1 Å². The summed E-state index contributed by atoms with van der Waals surface area (Å²) in [7, 11) is 1.60. The minimum atomic E-state index is 0.611. The van der Waals surface area contributed by atoms with Crippen molar-refractivity contribution in [3.05, 3.63) is 0 Å². The standard InChI is InChI=1S/C9H18N2S2/c10-8-2-1-3-9(8)4-6-11(13-12)7-5-9/h8,12H,1-7,10H2/p+1. The van der Waals surface area contributed by atoms with Gasteiger partial charge in [-0.15, -0.1) is 0 Å². The topological polar surface area (TPSA) is 30.9 Å². The number of quaternary nitrogens is 1. The molecule has 0 aromatic carbocycles. The molecule has 2 rings (SSSR count). The highest BCUT2D eigenvalue weighted by atomic mass is 33.1. The lowest BCUT2D eigenvalue weighted by Crippen LogP contribution is -2.67. The van der Waals surface area contributed by atoms with Gasteiger partial charge in [-0.1, -0.05) is 11.7 Å². The molecule has 1 atom stereocenters. The lowest BCUT2D eigenvalue weighted by atomic mass is 9.75. The van der Waals surface area contributed by atoms with Crippen LogP contribution in [0.1, 0.15) is 32.1 Å². The van der Waals surface area contributed by atoms with Crippen LogP contribution in [0.4, 0.5) is 0 Å². The molecule has 76 valence electrons. The van der Waals surface area contributed by atoms with Crippen molar-refractivity contribution in [3.63, 3.8) is 0 Å². The molecule has 0 amide bonds. The van der Waals surface area contributed by atoms with Crippen molar-refractivity contribution in [1.29, 1.82) is 0 Å². The molecule has 1 aliphatic carbocycles. The third-order valence-electron chi connectivity index (χ3n) is 3.93. The second-order valence-corrected chi connectivity index (χ2v) is 5.63. The second kappa shape index (κ2) is 4.01. The van der Waals surface area contributed by atoms with Crippen molar-refractivity contribution >= 4 is 22.6 Å². The van der Waals surface area contributed by atoms with E-state index in [4.69, 9.17) is 0 Å². The monoisotopic (exact) mass is 219 g/mol.